The predicted octanol–water partition coefficient (Wildman–Crippen LogP) is 3.20. The first kappa shape index (κ1) is 12.4. The van der Waals surface area contributed by atoms with Crippen LogP contribution in [-0.4, -0.2) is 18.2 Å². The fourth-order valence-corrected chi connectivity index (χ4v) is 2.82. The van der Waals surface area contributed by atoms with E-state index in [4.69, 9.17) is 0 Å². The van der Waals surface area contributed by atoms with Gasteiger partial charge in [-0.1, -0.05) is 38.0 Å². The molecule has 0 spiro atoms. The summed E-state index contributed by atoms with van der Waals surface area (Å²) < 4.78 is 0. The number of aliphatic hydroxyl groups excluding tert-OH is 1. The van der Waals surface area contributed by atoms with Crippen LogP contribution in [0.2, 0.25) is 0 Å². The molecular weight excluding hydrogens is 210 g/mol. The van der Waals surface area contributed by atoms with Gasteiger partial charge in [-0.15, -0.1) is 0 Å². The maximum absolute atomic E-state index is 9.36. The first-order chi connectivity index (χ1) is 8.35. The number of hydrogen-bond acceptors (Lipinski definition) is 2. The summed E-state index contributed by atoms with van der Waals surface area (Å²) in [4.78, 5) is 2.43. The van der Waals surface area contributed by atoms with Gasteiger partial charge in [0.25, 0.3) is 0 Å². The van der Waals surface area contributed by atoms with E-state index in [1.54, 1.807) is 0 Å². The van der Waals surface area contributed by atoms with Gasteiger partial charge < -0.3 is 10.0 Å². The number of rotatable bonds is 4. The number of anilines is 1. The molecule has 1 fully saturated rings. The Bertz CT molecular complexity index is 343. The lowest BCUT2D eigenvalue weighted by Crippen LogP contribution is -2.34. The highest BCUT2D eigenvalue weighted by Crippen LogP contribution is 2.28. The zero-order chi connectivity index (χ0) is 12.1. The van der Waals surface area contributed by atoms with Crippen molar-refractivity contribution in [1.82, 2.24) is 0 Å². The minimum absolute atomic E-state index is 0.144. The van der Waals surface area contributed by atoms with Crippen molar-refractivity contribution in [2.24, 2.45) is 5.92 Å². The van der Waals surface area contributed by atoms with E-state index in [1.807, 2.05) is 12.1 Å². The van der Waals surface area contributed by atoms with E-state index in [0.29, 0.717) is 0 Å². The zero-order valence-corrected chi connectivity index (χ0v) is 10.7. The normalized spacial score (nSPS) is 17.4. The van der Waals surface area contributed by atoms with Gasteiger partial charge in [-0.2, -0.15) is 0 Å². The predicted molar refractivity (Wildman–Crippen MR) is 72.2 cm³/mol. The Labute approximate surface area is 104 Å². The molecule has 0 saturated carbocycles. The minimum atomic E-state index is 0.144. The Hall–Kier alpha value is -1.02. The van der Waals surface area contributed by atoms with E-state index >= 15 is 0 Å². The molecule has 0 aliphatic carbocycles. The van der Waals surface area contributed by atoms with Gasteiger partial charge in [-0.05, 0) is 24.8 Å². The summed E-state index contributed by atoms with van der Waals surface area (Å²) in [5, 5.41) is 9.36. The lowest BCUT2D eigenvalue weighted by atomic mass is 9.92. The Morgan fingerprint density at radius 2 is 1.94 bits per heavy atom. The fourth-order valence-electron chi connectivity index (χ4n) is 2.82. The van der Waals surface area contributed by atoms with E-state index in [-0.39, 0.29) is 6.61 Å². The van der Waals surface area contributed by atoms with Crippen LogP contribution >= 0.6 is 0 Å². The van der Waals surface area contributed by atoms with Crippen LogP contribution in [0, 0.1) is 5.92 Å². The molecular formula is C15H23NO. The van der Waals surface area contributed by atoms with Crippen LogP contribution in [0.15, 0.2) is 24.3 Å². The molecule has 1 heterocycles. The monoisotopic (exact) mass is 233 g/mol. The van der Waals surface area contributed by atoms with Crippen LogP contribution in [-0.2, 0) is 6.61 Å². The highest BCUT2D eigenvalue weighted by molar-refractivity contribution is 5.53. The van der Waals surface area contributed by atoms with Gasteiger partial charge in [0.15, 0.2) is 0 Å². The molecule has 1 aromatic carbocycles. The van der Waals surface area contributed by atoms with Crippen molar-refractivity contribution in [2.75, 3.05) is 18.0 Å². The van der Waals surface area contributed by atoms with E-state index < -0.39 is 0 Å². The number of benzene rings is 1. The number of aliphatic hydroxyl groups is 1. The molecule has 0 atom stereocenters. The van der Waals surface area contributed by atoms with Gasteiger partial charge in [0, 0.05) is 24.3 Å². The van der Waals surface area contributed by atoms with Crippen molar-refractivity contribution in [1.29, 1.82) is 0 Å². The molecule has 2 nitrogen and oxygen atoms in total. The highest BCUT2D eigenvalue weighted by Gasteiger charge is 2.19. The summed E-state index contributed by atoms with van der Waals surface area (Å²) in [6.45, 7) is 4.70. The average Bonchev–Trinajstić information content (AvgIpc) is 2.40. The molecule has 0 bridgehead atoms. The van der Waals surface area contributed by atoms with Crippen molar-refractivity contribution in [3.63, 3.8) is 0 Å². The molecule has 94 valence electrons. The quantitative estimate of drug-likeness (QED) is 0.863. The van der Waals surface area contributed by atoms with E-state index in [2.05, 4.69) is 24.0 Å². The number of hydrogen-bond donors (Lipinski definition) is 1. The number of para-hydroxylation sites is 1. The molecule has 1 saturated heterocycles. The van der Waals surface area contributed by atoms with E-state index in [0.717, 1.165) is 24.6 Å². The molecule has 17 heavy (non-hydrogen) atoms. The molecule has 1 N–H and O–H groups in total. The fraction of sp³-hybridized carbons (Fsp3) is 0.600. The summed E-state index contributed by atoms with van der Waals surface area (Å²) in [5.41, 5.74) is 2.28. The van der Waals surface area contributed by atoms with Gasteiger partial charge in [0.05, 0.1) is 6.61 Å². The van der Waals surface area contributed by atoms with Gasteiger partial charge in [0.2, 0.25) is 0 Å². The maximum atomic E-state index is 9.36. The van der Waals surface area contributed by atoms with E-state index in [1.165, 1.54) is 31.4 Å². The van der Waals surface area contributed by atoms with Gasteiger partial charge in [-0.3, -0.25) is 0 Å². The minimum Gasteiger partial charge on any atom is -0.392 e. The smallest absolute Gasteiger partial charge is 0.0702 e. The zero-order valence-electron chi connectivity index (χ0n) is 10.7. The summed E-state index contributed by atoms with van der Waals surface area (Å²) in [7, 11) is 0. The second-order valence-corrected chi connectivity index (χ2v) is 5.01. The molecule has 0 radical (unpaired) electrons. The molecule has 0 aromatic heterocycles. The lowest BCUT2D eigenvalue weighted by Gasteiger charge is -2.34. The van der Waals surface area contributed by atoms with Gasteiger partial charge in [0.1, 0.15) is 0 Å². The topological polar surface area (TPSA) is 23.5 Å². The maximum Gasteiger partial charge on any atom is 0.0702 e. The van der Waals surface area contributed by atoms with Crippen molar-refractivity contribution >= 4 is 5.69 Å². The molecule has 1 aliphatic heterocycles. The van der Waals surface area contributed by atoms with Crippen LogP contribution < -0.4 is 4.90 Å². The van der Waals surface area contributed by atoms with E-state index in [9.17, 15) is 5.11 Å². The molecule has 1 aliphatic rings. The summed E-state index contributed by atoms with van der Waals surface area (Å²) >= 11 is 0. The SMILES string of the molecule is CCCC1CCN(c2ccccc2CO)CC1. The molecule has 2 rings (SSSR count). The van der Waals surface area contributed by atoms with Crippen molar-refractivity contribution in [3.8, 4) is 0 Å². The average molecular weight is 233 g/mol. The van der Waals surface area contributed by atoms with Crippen LogP contribution in [0.25, 0.3) is 0 Å². The third-order valence-corrected chi connectivity index (χ3v) is 3.81. The summed E-state index contributed by atoms with van der Waals surface area (Å²) in [5.74, 6) is 0.914. The Morgan fingerprint density at radius 1 is 1.24 bits per heavy atom. The molecule has 0 unspecified atom stereocenters. The van der Waals surface area contributed by atoms with Crippen molar-refractivity contribution in [3.05, 3.63) is 29.8 Å². The molecule has 0 amide bonds. The second-order valence-electron chi connectivity index (χ2n) is 5.01. The summed E-state index contributed by atoms with van der Waals surface area (Å²) in [6.07, 6.45) is 5.27. The van der Waals surface area contributed by atoms with Crippen LogP contribution in [0.1, 0.15) is 38.2 Å². The van der Waals surface area contributed by atoms with Crippen LogP contribution in [0.4, 0.5) is 5.69 Å². The first-order valence-electron chi connectivity index (χ1n) is 6.79. The Kier molecular flexibility index (Phi) is 4.43. The van der Waals surface area contributed by atoms with Crippen LogP contribution in [0.5, 0.6) is 0 Å². The highest BCUT2D eigenvalue weighted by atomic mass is 16.3. The summed E-state index contributed by atoms with van der Waals surface area (Å²) in [6, 6.07) is 8.21. The van der Waals surface area contributed by atoms with Gasteiger partial charge in [-0.25, -0.2) is 0 Å². The third kappa shape index (κ3) is 3.01. The number of piperidine rings is 1. The van der Waals surface area contributed by atoms with Crippen molar-refractivity contribution in [2.45, 2.75) is 39.2 Å². The van der Waals surface area contributed by atoms with Gasteiger partial charge >= 0.3 is 0 Å². The largest absolute Gasteiger partial charge is 0.392 e. The van der Waals surface area contributed by atoms with Crippen molar-refractivity contribution < 1.29 is 5.11 Å². The molecule has 2 heteroatoms. The van der Waals surface area contributed by atoms with Crippen LogP contribution in [0.3, 0.4) is 0 Å². The Morgan fingerprint density at radius 3 is 2.59 bits per heavy atom. The lowest BCUT2D eigenvalue weighted by molar-refractivity contribution is 0.281. The third-order valence-electron chi connectivity index (χ3n) is 3.81. The second kappa shape index (κ2) is 6.06. The Balaban J connectivity index is 2.00. The number of nitrogens with zero attached hydrogens (tertiary/aromatic N) is 1. The first-order valence-corrected chi connectivity index (χ1v) is 6.79. The standard InChI is InChI=1S/C15H23NO/c1-2-5-13-8-10-16(11-9-13)15-7-4-3-6-14(15)12-17/h3-4,6-7,13,17H,2,5,8-12H2,1H3. The molecule has 1 aromatic rings.